The number of rotatable bonds is 5. The zero-order chi connectivity index (χ0) is 20.9. The van der Waals surface area contributed by atoms with Crippen molar-refractivity contribution in [2.75, 3.05) is 26.2 Å². The van der Waals surface area contributed by atoms with E-state index in [9.17, 15) is 4.79 Å². The van der Waals surface area contributed by atoms with E-state index in [-0.39, 0.29) is 18.2 Å². The molecule has 4 rings (SSSR count). The third-order valence-electron chi connectivity index (χ3n) is 6.22. The maximum absolute atomic E-state index is 12.7. The maximum Gasteiger partial charge on any atom is 0.317 e. The van der Waals surface area contributed by atoms with Gasteiger partial charge >= 0.3 is 6.03 Å². The maximum atomic E-state index is 12.7. The monoisotopic (exact) mass is 407 g/mol. The van der Waals surface area contributed by atoms with Crippen LogP contribution < -0.4 is 10.1 Å². The SMILES string of the molecule is Cc1ccc(C)c(OC2CCN(C(=O)NC3CCN(Cc4ccccc4)C3)CC2)c1. The Balaban J connectivity index is 1.21. The lowest BCUT2D eigenvalue weighted by Gasteiger charge is -2.33. The first-order valence-corrected chi connectivity index (χ1v) is 11.1. The fourth-order valence-corrected chi connectivity index (χ4v) is 4.39. The number of piperidine rings is 1. The molecule has 5 nitrogen and oxygen atoms in total. The van der Waals surface area contributed by atoms with Crippen LogP contribution in [0.2, 0.25) is 0 Å². The molecule has 1 N–H and O–H groups in total. The van der Waals surface area contributed by atoms with Crippen molar-refractivity contribution in [1.82, 2.24) is 15.1 Å². The molecule has 2 aromatic carbocycles. The summed E-state index contributed by atoms with van der Waals surface area (Å²) in [5.74, 6) is 0.974. The number of likely N-dealkylation sites (tertiary alicyclic amines) is 2. The number of carbonyl (C=O) groups excluding carboxylic acids is 1. The zero-order valence-electron chi connectivity index (χ0n) is 18.1. The largest absolute Gasteiger partial charge is 0.490 e. The molecule has 30 heavy (non-hydrogen) atoms. The van der Waals surface area contributed by atoms with Crippen LogP contribution in [-0.4, -0.2) is 54.2 Å². The molecule has 0 aromatic heterocycles. The van der Waals surface area contributed by atoms with Crippen LogP contribution in [0.5, 0.6) is 5.75 Å². The van der Waals surface area contributed by atoms with Gasteiger partial charge in [0.1, 0.15) is 11.9 Å². The van der Waals surface area contributed by atoms with Gasteiger partial charge in [0.05, 0.1) is 0 Å². The Bertz CT molecular complexity index is 847. The van der Waals surface area contributed by atoms with Crippen LogP contribution in [-0.2, 0) is 6.54 Å². The first-order chi connectivity index (χ1) is 14.6. The van der Waals surface area contributed by atoms with Crippen LogP contribution in [0.15, 0.2) is 48.5 Å². The molecule has 2 aliphatic heterocycles. The van der Waals surface area contributed by atoms with Crippen LogP contribution in [0.25, 0.3) is 0 Å². The minimum Gasteiger partial charge on any atom is -0.490 e. The van der Waals surface area contributed by atoms with Gasteiger partial charge < -0.3 is 15.0 Å². The van der Waals surface area contributed by atoms with Gasteiger partial charge in [-0.3, -0.25) is 4.90 Å². The summed E-state index contributed by atoms with van der Waals surface area (Å²) >= 11 is 0. The highest BCUT2D eigenvalue weighted by molar-refractivity contribution is 5.74. The highest BCUT2D eigenvalue weighted by atomic mass is 16.5. The van der Waals surface area contributed by atoms with E-state index in [1.165, 1.54) is 16.7 Å². The summed E-state index contributed by atoms with van der Waals surface area (Å²) in [5.41, 5.74) is 3.71. The Morgan fingerprint density at radius 2 is 1.80 bits per heavy atom. The fraction of sp³-hybridized carbons (Fsp3) is 0.480. The molecule has 0 radical (unpaired) electrons. The Labute approximate surface area is 180 Å². The van der Waals surface area contributed by atoms with E-state index in [0.29, 0.717) is 0 Å². The number of amides is 2. The predicted octanol–water partition coefficient (Wildman–Crippen LogP) is 4.13. The number of nitrogens with zero attached hydrogens (tertiary/aromatic N) is 2. The molecule has 1 atom stereocenters. The number of nitrogens with one attached hydrogen (secondary N) is 1. The predicted molar refractivity (Wildman–Crippen MR) is 120 cm³/mol. The van der Waals surface area contributed by atoms with Crippen molar-refractivity contribution in [2.24, 2.45) is 0 Å². The fourth-order valence-electron chi connectivity index (χ4n) is 4.39. The highest BCUT2D eigenvalue weighted by Gasteiger charge is 2.28. The van der Waals surface area contributed by atoms with Crippen molar-refractivity contribution >= 4 is 6.03 Å². The van der Waals surface area contributed by atoms with Crippen molar-refractivity contribution in [2.45, 2.75) is 51.8 Å². The Morgan fingerprint density at radius 3 is 2.57 bits per heavy atom. The molecule has 2 saturated heterocycles. The van der Waals surface area contributed by atoms with E-state index >= 15 is 0 Å². The molecule has 2 heterocycles. The van der Waals surface area contributed by atoms with E-state index in [1.807, 2.05) is 11.0 Å². The van der Waals surface area contributed by atoms with Crippen molar-refractivity contribution < 1.29 is 9.53 Å². The first-order valence-electron chi connectivity index (χ1n) is 11.1. The van der Waals surface area contributed by atoms with Crippen LogP contribution in [0.4, 0.5) is 4.79 Å². The minimum atomic E-state index is 0.0757. The summed E-state index contributed by atoms with van der Waals surface area (Å²) in [5, 5.41) is 3.25. The molecule has 0 spiro atoms. The molecule has 5 heteroatoms. The van der Waals surface area contributed by atoms with E-state index in [1.54, 1.807) is 0 Å². The summed E-state index contributed by atoms with van der Waals surface area (Å²) in [6.07, 6.45) is 2.96. The average molecular weight is 408 g/mol. The quantitative estimate of drug-likeness (QED) is 0.811. The van der Waals surface area contributed by atoms with Crippen molar-refractivity contribution in [1.29, 1.82) is 0 Å². The van der Waals surface area contributed by atoms with E-state index in [2.05, 4.69) is 66.5 Å². The summed E-state index contributed by atoms with van der Waals surface area (Å²) < 4.78 is 6.23. The number of benzene rings is 2. The minimum absolute atomic E-state index is 0.0757. The zero-order valence-corrected chi connectivity index (χ0v) is 18.1. The lowest BCUT2D eigenvalue weighted by molar-refractivity contribution is 0.109. The van der Waals surface area contributed by atoms with Crippen LogP contribution in [0.1, 0.15) is 36.0 Å². The summed E-state index contributed by atoms with van der Waals surface area (Å²) in [6.45, 7) is 8.58. The molecule has 2 amide bonds. The highest BCUT2D eigenvalue weighted by Crippen LogP contribution is 2.24. The van der Waals surface area contributed by atoms with Crippen molar-refractivity contribution in [3.05, 3.63) is 65.2 Å². The summed E-state index contributed by atoms with van der Waals surface area (Å²) in [7, 11) is 0. The second-order valence-electron chi connectivity index (χ2n) is 8.73. The number of urea groups is 1. The average Bonchev–Trinajstić information content (AvgIpc) is 3.18. The van der Waals surface area contributed by atoms with Crippen LogP contribution >= 0.6 is 0 Å². The second-order valence-corrected chi connectivity index (χ2v) is 8.73. The van der Waals surface area contributed by atoms with Gasteiger partial charge in [-0.05, 0) is 43.0 Å². The Kier molecular flexibility index (Phi) is 6.58. The third kappa shape index (κ3) is 5.33. The number of hydrogen-bond acceptors (Lipinski definition) is 3. The van der Waals surface area contributed by atoms with E-state index in [4.69, 9.17) is 4.74 Å². The molecule has 2 aliphatic rings. The van der Waals surface area contributed by atoms with Crippen LogP contribution in [0.3, 0.4) is 0 Å². The van der Waals surface area contributed by atoms with Crippen LogP contribution in [0, 0.1) is 13.8 Å². The smallest absolute Gasteiger partial charge is 0.317 e. The van der Waals surface area contributed by atoms with Gasteiger partial charge in [-0.15, -0.1) is 0 Å². The number of aryl methyl sites for hydroxylation is 2. The first kappa shape index (κ1) is 20.7. The molecule has 2 aromatic rings. The van der Waals surface area contributed by atoms with Crippen molar-refractivity contribution in [3.63, 3.8) is 0 Å². The third-order valence-corrected chi connectivity index (χ3v) is 6.22. The van der Waals surface area contributed by atoms with Gasteiger partial charge in [-0.25, -0.2) is 4.79 Å². The molecule has 0 bridgehead atoms. The van der Waals surface area contributed by atoms with Gasteiger partial charge in [0.2, 0.25) is 0 Å². The number of hydrogen-bond donors (Lipinski definition) is 1. The summed E-state index contributed by atoms with van der Waals surface area (Å²) in [6, 6.07) is 17.2. The lowest BCUT2D eigenvalue weighted by atomic mass is 10.1. The molecular weight excluding hydrogens is 374 g/mol. The van der Waals surface area contributed by atoms with E-state index in [0.717, 1.165) is 57.7 Å². The molecule has 160 valence electrons. The lowest BCUT2D eigenvalue weighted by Crippen LogP contribution is -2.49. The number of carbonyl (C=O) groups is 1. The molecule has 0 aliphatic carbocycles. The van der Waals surface area contributed by atoms with Gasteiger partial charge in [-0.2, -0.15) is 0 Å². The topological polar surface area (TPSA) is 44.8 Å². The normalized spacial score (nSPS) is 20.3. The summed E-state index contributed by atoms with van der Waals surface area (Å²) in [4.78, 5) is 17.1. The molecule has 0 saturated carbocycles. The molecule has 1 unspecified atom stereocenters. The molecule has 2 fully saturated rings. The Hall–Kier alpha value is -2.53. The van der Waals surface area contributed by atoms with Gasteiger partial charge in [0.15, 0.2) is 0 Å². The number of ether oxygens (including phenoxy) is 1. The standard InChI is InChI=1S/C25H33N3O2/c1-19-8-9-20(2)24(16-19)30-23-11-14-28(15-12-23)25(29)26-22-10-13-27(18-22)17-21-6-4-3-5-7-21/h3-9,16,22-23H,10-15,17-18H2,1-2H3,(H,26,29). The van der Waals surface area contributed by atoms with Gasteiger partial charge in [0.25, 0.3) is 0 Å². The van der Waals surface area contributed by atoms with Gasteiger partial charge in [-0.1, -0.05) is 42.5 Å². The molecular formula is C25H33N3O2. The Morgan fingerprint density at radius 1 is 1.03 bits per heavy atom. The van der Waals surface area contributed by atoms with E-state index < -0.39 is 0 Å². The van der Waals surface area contributed by atoms with Crippen molar-refractivity contribution in [3.8, 4) is 5.75 Å². The second kappa shape index (κ2) is 9.52. The van der Waals surface area contributed by atoms with Gasteiger partial charge in [0, 0.05) is 51.6 Å².